The number of para-hydroxylation sites is 1. The minimum Gasteiger partial charge on any atom is -0.507 e. The van der Waals surface area contributed by atoms with Crippen LogP contribution in [0.5, 0.6) is 5.75 Å². The van der Waals surface area contributed by atoms with Crippen molar-refractivity contribution in [2.24, 2.45) is 0 Å². The summed E-state index contributed by atoms with van der Waals surface area (Å²) in [5.74, 6) is 0.496. The number of hydrogen-bond donors (Lipinski definition) is 1. The predicted octanol–water partition coefficient (Wildman–Crippen LogP) is 18.3. The Kier molecular flexibility index (Phi) is 13.8. The van der Waals surface area contributed by atoms with Crippen molar-refractivity contribution in [2.45, 2.75) is 85.5 Å². The molecule has 0 fully saturated rings. The number of nitrogens with zero attached hydrogens (tertiary/aromatic N) is 3. The van der Waals surface area contributed by atoms with E-state index in [4.69, 9.17) is 11.3 Å². The number of rotatable bonds is 11. The summed E-state index contributed by atoms with van der Waals surface area (Å²) in [5, 5.41) is 12.6. The van der Waals surface area contributed by atoms with Crippen LogP contribution in [-0.2, 0) is 26.5 Å². The second-order valence-corrected chi connectivity index (χ2v) is 20.7. The summed E-state index contributed by atoms with van der Waals surface area (Å²) in [4.78, 5) is 10.7. The van der Waals surface area contributed by atoms with Gasteiger partial charge in [-0.1, -0.05) is 219 Å². The third-order valence-corrected chi connectivity index (χ3v) is 13.8. The van der Waals surface area contributed by atoms with Gasteiger partial charge in [0.2, 0.25) is 0 Å². The van der Waals surface area contributed by atoms with Gasteiger partial charge in [0.25, 0.3) is 0 Å². The van der Waals surface area contributed by atoms with E-state index >= 15 is 0 Å². The smallest absolute Gasteiger partial charge is 0.148 e. The van der Waals surface area contributed by atoms with Gasteiger partial charge in [-0.05, 0) is 109 Å². The molecule has 0 saturated carbocycles. The number of hydrogen-bond acceptors (Lipinski definition) is 3. The first kappa shape index (κ1) is 48.5. The number of benzene rings is 8. The van der Waals surface area contributed by atoms with Gasteiger partial charge >= 0.3 is 0 Å². The molecule has 8 aromatic carbocycles. The first-order valence-electron chi connectivity index (χ1n) is 25.4. The molecule has 0 aliphatic rings. The first-order valence-corrected chi connectivity index (χ1v) is 24.9. The molecule has 5 heteroatoms. The average Bonchev–Trinajstić information content (AvgIpc) is 3.78. The van der Waals surface area contributed by atoms with E-state index in [1.54, 1.807) is 0 Å². The summed E-state index contributed by atoms with van der Waals surface area (Å²) in [7, 11) is 0. The van der Waals surface area contributed by atoms with Crippen molar-refractivity contribution in [1.82, 2.24) is 14.5 Å². The number of aromatic nitrogens is 3. The molecule has 10 rings (SSSR count). The van der Waals surface area contributed by atoms with Crippen LogP contribution >= 0.6 is 0 Å². The maximum atomic E-state index is 12.6. The van der Waals surface area contributed by atoms with E-state index in [1.807, 2.05) is 44.3 Å². The van der Waals surface area contributed by atoms with E-state index in [2.05, 4.69) is 217 Å². The first-order chi connectivity index (χ1) is 34.5. The zero-order chi connectivity index (χ0) is 50.5. The van der Waals surface area contributed by atoms with Gasteiger partial charge in [-0.15, -0.1) is 23.8 Å². The van der Waals surface area contributed by atoms with Gasteiger partial charge in [0.05, 0.1) is 22.3 Å². The Morgan fingerprint density at radius 2 is 1.14 bits per heavy atom. The van der Waals surface area contributed by atoms with Gasteiger partial charge < -0.3 is 5.11 Å². The molecule has 10 aromatic rings. The van der Waals surface area contributed by atoms with E-state index in [0.717, 1.165) is 100 Å². The SMILES string of the molecule is [2H]C(C)(C)c1ccc(-c2ccnc(-c3[c-]c(-c4cccc5c4nc(-c4cc(C(C)C)cc(C(C)C)c4O)n5-c4cc(-c5ccccc5)c(C(C)(C)C)cc4-c4ccccc4)cc(-c4ccccc4)c3)c2)cc1.[Pt]. The van der Waals surface area contributed by atoms with Crippen molar-refractivity contribution in [1.29, 1.82) is 0 Å². The Morgan fingerprint density at radius 3 is 1.75 bits per heavy atom. The second kappa shape index (κ2) is 20.5. The Hall–Kier alpha value is -7.13. The van der Waals surface area contributed by atoms with Crippen LogP contribution in [0, 0.1) is 6.07 Å². The molecule has 2 heterocycles. The van der Waals surface area contributed by atoms with Crippen molar-refractivity contribution in [2.75, 3.05) is 0 Å². The molecule has 4 nitrogen and oxygen atoms in total. The van der Waals surface area contributed by atoms with Crippen LogP contribution in [0.15, 0.2) is 188 Å². The fraction of sp³-hybridized carbons (Fsp3) is 0.194. The molecule has 0 amide bonds. The van der Waals surface area contributed by atoms with Crippen LogP contribution in [0.2, 0.25) is 0 Å². The van der Waals surface area contributed by atoms with Gasteiger partial charge in [0, 0.05) is 39.9 Å². The third kappa shape index (κ3) is 9.78. The molecule has 0 bridgehead atoms. The molecule has 0 unspecified atom stereocenters. The topological polar surface area (TPSA) is 50.9 Å². The monoisotopic (exact) mass is 1120 g/mol. The molecule has 362 valence electrons. The van der Waals surface area contributed by atoms with Crippen molar-refractivity contribution in [3.05, 3.63) is 217 Å². The molecule has 0 radical (unpaired) electrons. The largest absolute Gasteiger partial charge is 0.507 e. The molecule has 0 atom stereocenters. The average molecular weight is 1120 g/mol. The maximum absolute atomic E-state index is 12.6. The van der Waals surface area contributed by atoms with E-state index < -0.39 is 5.89 Å². The predicted molar refractivity (Wildman–Crippen MR) is 298 cm³/mol. The molecular weight excluding hydrogens is 1060 g/mol. The zero-order valence-electron chi connectivity index (χ0n) is 43.7. The van der Waals surface area contributed by atoms with Gasteiger partial charge in [-0.25, -0.2) is 4.98 Å². The second-order valence-electron chi connectivity index (χ2n) is 20.7. The van der Waals surface area contributed by atoms with Crippen LogP contribution < -0.4 is 0 Å². The van der Waals surface area contributed by atoms with Crippen LogP contribution in [0.1, 0.15) is 104 Å². The molecule has 0 aliphatic carbocycles. The van der Waals surface area contributed by atoms with Crippen molar-refractivity contribution in [3.8, 4) is 89.7 Å². The van der Waals surface area contributed by atoms with Crippen LogP contribution in [-0.4, -0.2) is 19.6 Å². The molecular formula is C67H62N3OPt-. The summed E-state index contributed by atoms with van der Waals surface area (Å²) < 4.78 is 10.9. The van der Waals surface area contributed by atoms with E-state index in [1.165, 1.54) is 5.56 Å². The fourth-order valence-corrected chi connectivity index (χ4v) is 9.87. The van der Waals surface area contributed by atoms with Gasteiger partial charge in [0.1, 0.15) is 11.6 Å². The summed E-state index contributed by atoms with van der Waals surface area (Å²) in [5.41, 5.74) is 19.5. The van der Waals surface area contributed by atoms with E-state index in [0.29, 0.717) is 11.4 Å². The van der Waals surface area contributed by atoms with Crippen molar-refractivity contribution in [3.63, 3.8) is 0 Å². The number of aromatic hydroxyl groups is 1. The summed E-state index contributed by atoms with van der Waals surface area (Å²) in [6.45, 7) is 19.4. The van der Waals surface area contributed by atoms with Crippen molar-refractivity contribution < 1.29 is 27.5 Å². The van der Waals surface area contributed by atoms with E-state index in [9.17, 15) is 5.11 Å². The molecule has 0 saturated heterocycles. The summed E-state index contributed by atoms with van der Waals surface area (Å²) in [6, 6.07) is 68.0. The molecule has 2 aromatic heterocycles. The number of phenolic OH excluding ortho intramolecular Hbond substituents is 1. The van der Waals surface area contributed by atoms with Gasteiger partial charge in [-0.2, -0.15) is 0 Å². The Morgan fingerprint density at radius 1 is 0.528 bits per heavy atom. The Labute approximate surface area is 442 Å². The van der Waals surface area contributed by atoms with Gasteiger partial charge in [-0.3, -0.25) is 9.55 Å². The normalized spacial score (nSPS) is 12.1. The maximum Gasteiger partial charge on any atom is 0.148 e. The summed E-state index contributed by atoms with van der Waals surface area (Å²) >= 11 is 0. The van der Waals surface area contributed by atoms with Gasteiger partial charge in [0.15, 0.2) is 0 Å². The number of fused-ring (bicyclic) bond motifs is 1. The van der Waals surface area contributed by atoms with Crippen LogP contribution in [0.25, 0.3) is 95.0 Å². The molecule has 0 aliphatic heterocycles. The Bertz CT molecular complexity index is 3590. The molecule has 1 N–H and O–H groups in total. The Balaban J connectivity index is 0.00000656. The number of pyridine rings is 1. The summed E-state index contributed by atoms with van der Waals surface area (Å²) in [6.07, 6.45) is 1.87. The fourth-order valence-electron chi connectivity index (χ4n) is 9.87. The molecule has 0 spiro atoms. The third-order valence-electron chi connectivity index (χ3n) is 13.8. The quantitative estimate of drug-likeness (QED) is 0.131. The minimum atomic E-state index is -0.688. The standard InChI is InChI=1S/C67H62N3O.Pt/c1-42(2)45-28-30-47(31-29-45)50-32-33-68-61(39-50)54-35-52(46-20-13-10-14-21-46)34-53(36-54)55-26-19-27-62-64(55)69-66(59-38-51(43(3)4)37-56(44(5)6)65(59)71)70(62)63-41-57(48-22-15-11-16-23-48)60(67(7,8)9)40-58(63)49-24-17-12-18-25-49;/h10-35,37-44,71H,1-9H3;/q-1;/i42D;. The van der Waals surface area contributed by atoms with Crippen LogP contribution in [0.3, 0.4) is 0 Å². The zero-order valence-corrected chi connectivity index (χ0v) is 44.9. The van der Waals surface area contributed by atoms with E-state index in [-0.39, 0.29) is 44.1 Å². The number of phenols is 1. The number of imidazole rings is 1. The minimum absolute atomic E-state index is 0. The van der Waals surface area contributed by atoms with Crippen LogP contribution in [0.4, 0.5) is 0 Å². The van der Waals surface area contributed by atoms with Crippen molar-refractivity contribution >= 4 is 11.0 Å². The molecule has 72 heavy (non-hydrogen) atoms.